The van der Waals surface area contributed by atoms with Crippen molar-refractivity contribution < 1.29 is 0 Å². The second-order valence-electron chi connectivity index (χ2n) is 5.28. The lowest BCUT2D eigenvalue weighted by Crippen LogP contribution is -2.49. The highest BCUT2D eigenvalue weighted by Crippen LogP contribution is 2.17. The predicted molar refractivity (Wildman–Crippen MR) is 72.4 cm³/mol. The van der Waals surface area contributed by atoms with Crippen LogP contribution in [0, 0.1) is 0 Å². The molecule has 0 spiro atoms. The van der Waals surface area contributed by atoms with Gasteiger partial charge in [-0.3, -0.25) is 14.8 Å². The molecule has 0 amide bonds. The molecule has 18 heavy (non-hydrogen) atoms. The van der Waals surface area contributed by atoms with Gasteiger partial charge in [0.2, 0.25) is 0 Å². The molecular weight excluding hydrogens is 224 g/mol. The summed E-state index contributed by atoms with van der Waals surface area (Å²) in [5.41, 5.74) is 1.19. The first-order valence-corrected chi connectivity index (χ1v) is 6.99. The molecule has 0 radical (unpaired) electrons. The molecule has 1 aromatic heterocycles. The van der Waals surface area contributed by atoms with Crippen molar-refractivity contribution >= 4 is 0 Å². The molecule has 2 aliphatic heterocycles. The summed E-state index contributed by atoms with van der Waals surface area (Å²) in [6, 6.07) is 6.94. The van der Waals surface area contributed by atoms with Crippen LogP contribution in [0.25, 0.3) is 0 Å². The molecule has 3 heterocycles. The lowest BCUT2D eigenvalue weighted by Gasteiger charge is -2.32. The maximum Gasteiger partial charge on any atom is 0.0543 e. The van der Waals surface area contributed by atoms with Gasteiger partial charge in [-0.2, -0.15) is 0 Å². The van der Waals surface area contributed by atoms with Gasteiger partial charge in [0.15, 0.2) is 0 Å². The molecule has 2 saturated heterocycles. The van der Waals surface area contributed by atoms with Crippen molar-refractivity contribution in [3.8, 4) is 0 Å². The van der Waals surface area contributed by atoms with Crippen LogP contribution in [0.1, 0.15) is 12.1 Å². The van der Waals surface area contributed by atoms with E-state index < -0.39 is 0 Å². The fourth-order valence-electron chi connectivity index (χ4n) is 3.02. The third-order valence-electron chi connectivity index (χ3n) is 4.03. The highest BCUT2D eigenvalue weighted by molar-refractivity contribution is 5.04. The molecule has 1 N–H and O–H groups in total. The zero-order valence-corrected chi connectivity index (χ0v) is 10.9. The molecule has 0 bridgehead atoms. The summed E-state index contributed by atoms with van der Waals surface area (Å²) in [4.78, 5) is 9.60. The van der Waals surface area contributed by atoms with Gasteiger partial charge in [0.25, 0.3) is 0 Å². The standard InChI is InChI=1S/C14H22N4/c1-2-5-16-13(3-1)11-17-8-4-14(12-17)18-9-6-15-7-10-18/h1-3,5,14-15H,4,6-12H2. The van der Waals surface area contributed by atoms with Gasteiger partial charge < -0.3 is 5.32 Å². The second-order valence-corrected chi connectivity index (χ2v) is 5.28. The minimum absolute atomic E-state index is 0.760. The van der Waals surface area contributed by atoms with Crippen LogP contribution in [0.5, 0.6) is 0 Å². The van der Waals surface area contributed by atoms with Gasteiger partial charge in [-0.15, -0.1) is 0 Å². The van der Waals surface area contributed by atoms with Crippen molar-refractivity contribution in [1.82, 2.24) is 20.1 Å². The van der Waals surface area contributed by atoms with Crippen molar-refractivity contribution in [2.45, 2.75) is 19.0 Å². The SMILES string of the molecule is c1ccc(CN2CCC(N3CCNCC3)C2)nc1. The molecule has 0 saturated carbocycles. The zero-order valence-electron chi connectivity index (χ0n) is 10.9. The first-order chi connectivity index (χ1) is 8.92. The molecule has 2 fully saturated rings. The number of pyridine rings is 1. The summed E-state index contributed by atoms with van der Waals surface area (Å²) < 4.78 is 0. The van der Waals surface area contributed by atoms with E-state index in [-0.39, 0.29) is 0 Å². The number of hydrogen-bond acceptors (Lipinski definition) is 4. The van der Waals surface area contributed by atoms with Gasteiger partial charge in [-0.25, -0.2) is 0 Å². The molecule has 0 aliphatic carbocycles. The first kappa shape index (κ1) is 12.1. The minimum Gasteiger partial charge on any atom is -0.314 e. The highest BCUT2D eigenvalue weighted by atomic mass is 15.3. The predicted octanol–water partition coefficient (Wildman–Crippen LogP) is 0.561. The average Bonchev–Trinajstić information content (AvgIpc) is 2.89. The maximum absolute atomic E-state index is 4.41. The van der Waals surface area contributed by atoms with Gasteiger partial charge in [0.05, 0.1) is 5.69 Å². The number of likely N-dealkylation sites (tertiary alicyclic amines) is 1. The first-order valence-electron chi connectivity index (χ1n) is 6.99. The Morgan fingerprint density at radius 1 is 1.22 bits per heavy atom. The Labute approximate surface area is 109 Å². The largest absolute Gasteiger partial charge is 0.314 e. The Morgan fingerprint density at radius 3 is 2.89 bits per heavy atom. The van der Waals surface area contributed by atoms with E-state index in [1.54, 1.807) is 0 Å². The van der Waals surface area contributed by atoms with Crippen molar-refractivity contribution in [3.63, 3.8) is 0 Å². The molecule has 1 atom stereocenters. The normalized spacial score (nSPS) is 26.6. The molecule has 1 aromatic rings. The Morgan fingerprint density at radius 2 is 2.11 bits per heavy atom. The number of nitrogens with one attached hydrogen (secondary N) is 1. The Hall–Kier alpha value is -0.970. The molecule has 4 nitrogen and oxygen atoms in total. The third-order valence-corrected chi connectivity index (χ3v) is 4.03. The van der Waals surface area contributed by atoms with Crippen molar-refractivity contribution in [2.24, 2.45) is 0 Å². The molecule has 2 aliphatic rings. The quantitative estimate of drug-likeness (QED) is 0.844. The smallest absolute Gasteiger partial charge is 0.0543 e. The Kier molecular flexibility index (Phi) is 3.88. The third kappa shape index (κ3) is 2.88. The summed E-state index contributed by atoms with van der Waals surface area (Å²) in [5, 5.41) is 3.42. The van der Waals surface area contributed by atoms with E-state index in [2.05, 4.69) is 32.2 Å². The van der Waals surface area contributed by atoms with Crippen molar-refractivity contribution in [1.29, 1.82) is 0 Å². The van der Waals surface area contributed by atoms with E-state index in [0.717, 1.165) is 25.7 Å². The van der Waals surface area contributed by atoms with Gasteiger partial charge in [-0.05, 0) is 18.6 Å². The summed E-state index contributed by atoms with van der Waals surface area (Å²) in [5.74, 6) is 0. The maximum atomic E-state index is 4.41. The summed E-state index contributed by atoms with van der Waals surface area (Å²) in [6.45, 7) is 8.14. The van der Waals surface area contributed by atoms with E-state index in [1.165, 1.54) is 38.3 Å². The Balaban J connectivity index is 1.52. The van der Waals surface area contributed by atoms with Crippen LogP contribution in [0.15, 0.2) is 24.4 Å². The van der Waals surface area contributed by atoms with Gasteiger partial charge in [0, 0.05) is 58.1 Å². The van der Waals surface area contributed by atoms with Crippen LogP contribution in [0.3, 0.4) is 0 Å². The van der Waals surface area contributed by atoms with Crippen LogP contribution < -0.4 is 5.32 Å². The van der Waals surface area contributed by atoms with Crippen molar-refractivity contribution in [3.05, 3.63) is 30.1 Å². The lowest BCUT2D eigenvalue weighted by molar-refractivity contribution is 0.170. The molecule has 3 rings (SSSR count). The molecule has 1 unspecified atom stereocenters. The molecular formula is C14H22N4. The second kappa shape index (κ2) is 5.78. The monoisotopic (exact) mass is 246 g/mol. The van der Waals surface area contributed by atoms with Gasteiger partial charge >= 0.3 is 0 Å². The van der Waals surface area contributed by atoms with E-state index in [9.17, 15) is 0 Å². The highest BCUT2D eigenvalue weighted by Gasteiger charge is 2.28. The van der Waals surface area contributed by atoms with E-state index >= 15 is 0 Å². The zero-order chi connectivity index (χ0) is 12.2. The fraction of sp³-hybridized carbons (Fsp3) is 0.643. The van der Waals surface area contributed by atoms with Crippen LogP contribution in [0.2, 0.25) is 0 Å². The van der Waals surface area contributed by atoms with Crippen molar-refractivity contribution in [2.75, 3.05) is 39.3 Å². The average molecular weight is 246 g/mol. The number of rotatable bonds is 3. The number of piperazine rings is 1. The number of aromatic nitrogens is 1. The van der Waals surface area contributed by atoms with E-state index in [4.69, 9.17) is 0 Å². The fourth-order valence-corrected chi connectivity index (χ4v) is 3.02. The van der Waals surface area contributed by atoms with Crippen LogP contribution in [-0.4, -0.2) is 60.1 Å². The van der Waals surface area contributed by atoms with Crippen LogP contribution >= 0.6 is 0 Å². The molecule has 4 heteroatoms. The van der Waals surface area contributed by atoms with Gasteiger partial charge in [0.1, 0.15) is 0 Å². The topological polar surface area (TPSA) is 31.4 Å². The Bertz CT molecular complexity index is 361. The molecule has 98 valence electrons. The van der Waals surface area contributed by atoms with Gasteiger partial charge in [-0.1, -0.05) is 6.07 Å². The number of nitrogens with zero attached hydrogens (tertiary/aromatic N) is 3. The minimum atomic E-state index is 0.760. The van der Waals surface area contributed by atoms with E-state index in [0.29, 0.717) is 0 Å². The summed E-state index contributed by atoms with van der Waals surface area (Å²) >= 11 is 0. The lowest BCUT2D eigenvalue weighted by atomic mass is 10.2. The summed E-state index contributed by atoms with van der Waals surface area (Å²) in [6.07, 6.45) is 3.20. The number of hydrogen-bond donors (Lipinski definition) is 1. The summed E-state index contributed by atoms with van der Waals surface area (Å²) in [7, 11) is 0. The van der Waals surface area contributed by atoms with Crippen LogP contribution in [-0.2, 0) is 6.54 Å². The van der Waals surface area contributed by atoms with E-state index in [1.807, 2.05) is 12.3 Å². The van der Waals surface area contributed by atoms with Crippen LogP contribution in [0.4, 0.5) is 0 Å². The molecule has 0 aromatic carbocycles.